The lowest BCUT2D eigenvalue weighted by molar-refractivity contribution is 0.271. The summed E-state index contributed by atoms with van der Waals surface area (Å²) in [5.41, 5.74) is 2.12. The number of nitrogens with zero attached hydrogens (tertiary/aromatic N) is 4. The van der Waals surface area contributed by atoms with Crippen LogP contribution in [0, 0.1) is 0 Å². The van der Waals surface area contributed by atoms with Crippen molar-refractivity contribution in [1.29, 1.82) is 0 Å². The second kappa shape index (κ2) is 7.43. The van der Waals surface area contributed by atoms with Gasteiger partial charge in [0.15, 0.2) is 11.6 Å². The molecule has 0 aliphatic heterocycles. The Morgan fingerprint density at radius 2 is 1.96 bits per heavy atom. The molecule has 1 N–H and O–H groups in total. The zero-order valence-corrected chi connectivity index (χ0v) is 15.7. The topological polar surface area (TPSA) is 73.1 Å². The second-order valence-corrected chi connectivity index (χ2v) is 7.33. The number of aliphatic hydroxyl groups is 1. The van der Waals surface area contributed by atoms with Crippen molar-refractivity contribution in [1.82, 2.24) is 19.7 Å². The fourth-order valence-corrected chi connectivity index (χ4v) is 2.87. The average molecular weight is 373 g/mol. The van der Waals surface area contributed by atoms with E-state index in [1.165, 1.54) is 11.0 Å². The van der Waals surface area contributed by atoms with Crippen LogP contribution in [-0.2, 0) is 18.6 Å². The summed E-state index contributed by atoms with van der Waals surface area (Å²) in [5, 5.41) is 13.8. The normalized spacial score (nSPS) is 11.6. The largest absolute Gasteiger partial charge is 0.487 e. The fraction of sp³-hybridized carbons (Fsp3) is 0.316. The lowest BCUT2D eigenvalue weighted by Crippen LogP contribution is -2.15. The molecule has 7 heteroatoms. The van der Waals surface area contributed by atoms with Crippen molar-refractivity contribution in [3.8, 4) is 11.6 Å². The van der Waals surface area contributed by atoms with Gasteiger partial charge in [0.25, 0.3) is 0 Å². The Morgan fingerprint density at radius 1 is 1.15 bits per heavy atom. The first-order valence-corrected chi connectivity index (χ1v) is 8.65. The Morgan fingerprint density at radius 3 is 2.58 bits per heavy atom. The molecule has 0 saturated heterocycles. The van der Waals surface area contributed by atoms with Gasteiger partial charge in [0, 0.05) is 10.6 Å². The highest BCUT2D eigenvalue weighted by molar-refractivity contribution is 6.31. The molecule has 2 aromatic heterocycles. The SMILES string of the molecule is CC(C)(C)c1cccc(Cl)c1COc1ccc(-n2cnc(CO)n2)nc1. The third-order valence-electron chi connectivity index (χ3n) is 3.95. The van der Waals surface area contributed by atoms with Crippen LogP contribution in [0.1, 0.15) is 37.7 Å². The summed E-state index contributed by atoms with van der Waals surface area (Å²) in [5.74, 6) is 1.58. The van der Waals surface area contributed by atoms with Gasteiger partial charge in [-0.1, -0.05) is 44.5 Å². The Bertz CT molecular complexity index is 885. The first-order valence-electron chi connectivity index (χ1n) is 8.27. The standard InChI is InChI=1S/C19H21ClN4O2/c1-19(2,3)15-5-4-6-16(20)14(15)11-26-13-7-8-18(21-9-13)24-12-22-17(10-25)23-24/h4-9,12,25H,10-11H2,1-3H3. The van der Waals surface area contributed by atoms with Crippen LogP contribution in [0.3, 0.4) is 0 Å². The predicted molar refractivity (Wildman–Crippen MR) is 99.6 cm³/mol. The molecule has 0 spiro atoms. The molecule has 0 aliphatic carbocycles. The van der Waals surface area contributed by atoms with E-state index in [9.17, 15) is 0 Å². The second-order valence-electron chi connectivity index (χ2n) is 6.92. The summed E-state index contributed by atoms with van der Waals surface area (Å²) in [4.78, 5) is 8.29. The summed E-state index contributed by atoms with van der Waals surface area (Å²) in [6.45, 7) is 6.61. The summed E-state index contributed by atoms with van der Waals surface area (Å²) in [6.07, 6.45) is 3.14. The average Bonchev–Trinajstić information content (AvgIpc) is 3.09. The molecule has 0 fully saturated rings. The molecule has 1 aromatic carbocycles. The van der Waals surface area contributed by atoms with Gasteiger partial charge in [0.2, 0.25) is 0 Å². The molecule has 136 valence electrons. The summed E-state index contributed by atoms with van der Waals surface area (Å²) in [7, 11) is 0. The monoisotopic (exact) mass is 372 g/mol. The van der Waals surface area contributed by atoms with Gasteiger partial charge in [0.1, 0.15) is 25.3 Å². The van der Waals surface area contributed by atoms with Gasteiger partial charge in [-0.15, -0.1) is 5.10 Å². The number of hydrogen-bond acceptors (Lipinski definition) is 5. The van der Waals surface area contributed by atoms with Crippen LogP contribution in [0.4, 0.5) is 0 Å². The van der Waals surface area contributed by atoms with E-state index in [-0.39, 0.29) is 12.0 Å². The Labute approximate surface area is 157 Å². The predicted octanol–water partition coefficient (Wildman–Crippen LogP) is 3.68. The van der Waals surface area contributed by atoms with Crippen LogP contribution < -0.4 is 4.74 Å². The maximum absolute atomic E-state index is 9.03. The van der Waals surface area contributed by atoms with Gasteiger partial charge in [-0.05, 0) is 29.2 Å². The van der Waals surface area contributed by atoms with Gasteiger partial charge in [0.05, 0.1) is 6.20 Å². The van der Waals surface area contributed by atoms with Gasteiger partial charge in [-0.2, -0.15) is 0 Å². The Kier molecular flexibility index (Phi) is 5.25. The minimum absolute atomic E-state index is 0.0246. The number of ether oxygens (including phenoxy) is 1. The summed E-state index contributed by atoms with van der Waals surface area (Å²) >= 11 is 6.39. The van der Waals surface area contributed by atoms with Gasteiger partial charge >= 0.3 is 0 Å². The fourth-order valence-electron chi connectivity index (χ4n) is 2.64. The molecule has 0 unspecified atom stereocenters. The minimum Gasteiger partial charge on any atom is -0.487 e. The number of hydrogen-bond donors (Lipinski definition) is 1. The molecule has 3 rings (SSSR count). The van der Waals surface area contributed by atoms with Crippen molar-refractivity contribution in [3.63, 3.8) is 0 Å². The number of aromatic nitrogens is 4. The van der Waals surface area contributed by atoms with E-state index in [1.807, 2.05) is 18.2 Å². The highest BCUT2D eigenvalue weighted by atomic mass is 35.5. The third kappa shape index (κ3) is 4.03. The van der Waals surface area contributed by atoms with Crippen LogP contribution >= 0.6 is 11.6 Å². The number of pyridine rings is 1. The summed E-state index contributed by atoms with van der Waals surface area (Å²) in [6, 6.07) is 9.51. The first kappa shape index (κ1) is 18.4. The van der Waals surface area contributed by atoms with Crippen molar-refractivity contribution in [3.05, 3.63) is 64.8 Å². The van der Waals surface area contributed by atoms with Gasteiger partial charge < -0.3 is 9.84 Å². The van der Waals surface area contributed by atoms with Crippen LogP contribution in [-0.4, -0.2) is 24.9 Å². The molecule has 6 nitrogen and oxygen atoms in total. The van der Waals surface area contributed by atoms with E-state index >= 15 is 0 Å². The van der Waals surface area contributed by atoms with Crippen LogP contribution in [0.5, 0.6) is 5.75 Å². The van der Waals surface area contributed by atoms with E-state index in [0.717, 1.165) is 11.1 Å². The molecular weight excluding hydrogens is 352 g/mol. The van der Waals surface area contributed by atoms with E-state index in [0.29, 0.717) is 29.0 Å². The number of halogens is 1. The van der Waals surface area contributed by atoms with E-state index < -0.39 is 0 Å². The third-order valence-corrected chi connectivity index (χ3v) is 4.30. The Balaban J connectivity index is 1.75. The molecule has 0 atom stereocenters. The molecule has 0 radical (unpaired) electrons. The smallest absolute Gasteiger partial charge is 0.176 e. The van der Waals surface area contributed by atoms with Crippen molar-refractivity contribution in [2.45, 2.75) is 39.4 Å². The van der Waals surface area contributed by atoms with Crippen LogP contribution in [0.25, 0.3) is 5.82 Å². The van der Waals surface area contributed by atoms with Crippen molar-refractivity contribution < 1.29 is 9.84 Å². The maximum Gasteiger partial charge on any atom is 0.176 e. The van der Waals surface area contributed by atoms with Crippen molar-refractivity contribution >= 4 is 11.6 Å². The van der Waals surface area contributed by atoms with Crippen LogP contribution in [0.15, 0.2) is 42.9 Å². The molecule has 0 aliphatic rings. The zero-order valence-electron chi connectivity index (χ0n) is 15.0. The van der Waals surface area contributed by atoms with E-state index in [1.54, 1.807) is 12.3 Å². The molecule has 0 amide bonds. The molecule has 26 heavy (non-hydrogen) atoms. The molecule has 0 saturated carbocycles. The van der Waals surface area contributed by atoms with Crippen LogP contribution in [0.2, 0.25) is 5.02 Å². The van der Waals surface area contributed by atoms with E-state index in [4.69, 9.17) is 21.4 Å². The Hall–Kier alpha value is -2.44. The highest BCUT2D eigenvalue weighted by Crippen LogP contribution is 2.31. The molecule has 3 aromatic rings. The lowest BCUT2D eigenvalue weighted by atomic mass is 9.84. The quantitative estimate of drug-likeness (QED) is 0.739. The molecular formula is C19H21ClN4O2. The minimum atomic E-state index is -0.206. The summed E-state index contributed by atoms with van der Waals surface area (Å²) < 4.78 is 7.39. The highest BCUT2D eigenvalue weighted by Gasteiger charge is 2.20. The van der Waals surface area contributed by atoms with Gasteiger partial charge in [-0.3, -0.25) is 0 Å². The van der Waals surface area contributed by atoms with Gasteiger partial charge in [-0.25, -0.2) is 14.6 Å². The van der Waals surface area contributed by atoms with Crippen molar-refractivity contribution in [2.24, 2.45) is 0 Å². The van der Waals surface area contributed by atoms with Crippen molar-refractivity contribution in [2.75, 3.05) is 0 Å². The van der Waals surface area contributed by atoms with E-state index in [2.05, 4.69) is 41.9 Å². The first-order chi connectivity index (χ1) is 12.4. The molecule has 0 bridgehead atoms. The molecule has 2 heterocycles. The number of benzene rings is 1. The maximum atomic E-state index is 9.03. The number of aliphatic hydroxyl groups excluding tert-OH is 1. The zero-order chi connectivity index (χ0) is 18.7. The number of rotatable bonds is 5. The lowest BCUT2D eigenvalue weighted by Gasteiger charge is -2.23.